The van der Waals surface area contributed by atoms with Crippen molar-refractivity contribution >= 4 is 17.7 Å². The average molecular weight is 371 g/mol. The normalized spacial score (nSPS) is 12.2. The number of rotatable bonds is 7. The molecule has 1 unspecified atom stereocenters. The maximum absolute atomic E-state index is 14.3. The number of carbonyl (C=O) groups is 1. The Morgan fingerprint density at radius 3 is 2.56 bits per heavy atom. The summed E-state index contributed by atoms with van der Waals surface area (Å²) >= 11 is 1.12. The molecule has 0 aliphatic heterocycles. The number of benzene rings is 1. The van der Waals surface area contributed by atoms with Gasteiger partial charge in [-0.2, -0.15) is 0 Å². The molecule has 0 aliphatic rings. The number of aliphatic hydroxyl groups is 1. The summed E-state index contributed by atoms with van der Waals surface area (Å²) in [4.78, 5) is 14.8. The van der Waals surface area contributed by atoms with Crippen LogP contribution in [0.1, 0.15) is 38.8 Å². The zero-order valence-corrected chi connectivity index (χ0v) is 14.1. The van der Waals surface area contributed by atoms with Crippen molar-refractivity contribution in [1.82, 2.24) is 4.98 Å². The number of aromatic carboxylic acids is 1. The topological polar surface area (TPSA) is 70.4 Å². The van der Waals surface area contributed by atoms with Crippen LogP contribution in [-0.2, 0) is 0 Å². The highest BCUT2D eigenvalue weighted by molar-refractivity contribution is 7.99. The van der Waals surface area contributed by atoms with Crippen molar-refractivity contribution in [1.29, 1.82) is 0 Å². The van der Waals surface area contributed by atoms with Crippen LogP contribution in [0.15, 0.2) is 24.4 Å². The Morgan fingerprint density at radius 2 is 1.96 bits per heavy atom. The lowest BCUT2D eigenvalue weighted by Gasteiger charge is -2.21. The van der Waals surface area contributed by atoms with Gasteiger partial charge in [0.15, 0.2) is 11.6 Å². The lowest BCUT2D eigenvalue weighted by atomic mass is 10.00. The van der Waals surface area contributed by atoms with Gasteiger partial charge in [0.1, 0.15) is 11.5 Å². The smallest absolute Gasteiger partial charge is 0.354 e. The first kappa shape index (κ1) is 19.3. The van der Waals surface area contributed by atoms with Gasteiger partial charge in [-0.15, -0.1) is 11.8 Å². The molecule has 25 heavy (non-hydrogen) atoms. The fraction of sp³-hybridized carbons (Fsp3) is 0.294. The summed E-state index contributed by atoms with van der Waals surface area (Å²) in [6.45, 7) is 1.50. The fourth-order valence-electron chi connectivity index (χ4n) is 2.34. The molecule has 0 saturated heterocycles. The van der Waals surface area contributed by atoms with E-state index in [0.29, 0.717) is 29.4 Å². The Kier molecular flexibility index (Phi) is 6.44. The minimum atomic E-state index is -1.29. The number of aromatic nitrogens is 1. The van der Waals surface area contributed by atoms with Crippen molar-refractivity contribution in [3.8, 4) is 0 Å². The quantitative estimate of drug-likeness (QED) is 0.574. The first-order valence-corrected chi connectivity index (χ1v) is 8.47. The molecule has 1 atom stereocenters. The highest BCUT2D eigenvalue weighted by atomic mass is 32.2. The van der Waals surface area contributed by atoms with E-state index in [1.54, 1.807) is 6.92 Å². The highest BCUT2D eigenvalue weighted by Crippen LogP contribution is 2.40. The third-order valence-corrected chi connectivity index (χ3v) is 4.93. The largest absolute Gasteiger partial charge is 0.477 e. The molecule has 1 heterocycles. The van der Waals surface area contributed by atoms with E-state index in [1.807, 2.05) is 0 Å². The van der Waals surface area contributed by atoms with Crippen LogP contribution in [0.4, 0.5) is 13.2 Å². The molecule has 134 valence electrons. The summed E-state index contributed by atoms with van der Waals surface area (Å²) in [6, 6.07) is 2.86. The molecule has 8 heteroatoms. The molecular weight excluding hydrogens is 355 g/mol. The number of thioether (sulfide) groups is 1. The van der Waals surface area contributed by atoms with Crippen LogP contribution < -0.4 is 0 Å². The predicted octanol–water partition coefficient (Wildman–Crippen LogP) is 3.71. The number of hydrogen-bond acceptors (Lipinski definition) is 4. The Hall–Kier alpha value is -2.06. The van der Waals surface area contributed by atoms with Crippen molar-refractivity contribution in [3.05, 3.63) is 64.2 Å². The third kappa shape index (κ3) is 4.32. The second-order valence-electron chi connectivity index (χ2n) is 5.32. The SMILES string of the molecule is Cc1cc(C(=O)O)ncc1C(SCCCO)c1c(F)ccc(F)c1F. The van der Waals surface area contributed by atoms with Gasteiger partial charge in [0.05, 0.1) is 5.25 Å². The standard InChI is InChI=1S/C17H16F3NO3S/c1-9-7-13(17(23)24)21-8-10(9)16(25-6-2-5-22)14-11(18)3-4-12(19)15(14)20/h3-4,7-8,16,22H,2,5-6H2,1H3,(H,23,24). The van der Waals surface area contributed by atoms with Crippen LogP contribution in [0.3, 0.4) is 0 Å². The van der Waals surface area contributed by atoms with E-state index in [-0.39, 0.29) is 12.3 Å². The molecule has 2 rings (SSSR count). The first-order chi connectivity index (χ1) is 11.9. The molecule has 2 aromatic rings. The number of carboxylic acids is 1. The molecule has 1 aromatic carbocycles. The van der Waals surface area contributed by atoms with Gasteiger partial charge in [0.2, 0.25) is 0 Å². The molecule has 2 N–H and O–H groups in total. The van der Waals surface area contributed by atoms with Crippen molar-refractivity contribution < 1.29 is 28.2 Å². The predicted molar refractivity (Wildman–Crippen MR) is 88.3 cm³/mol. The number of nitrogens with zero attached hydrogens (tertiary/aromatic N) is 1. The van der Waals surface area contributed by atoms with E-state index in [1.165, 1.54) is 12.3 Å². The van der Waals surface area contributed by atoms with Gasteiger partial charge in [-0.1, -0.05) is 0 Å². The van der Waals surface area contributed by atoms with Crippen molar-refractivity contribution in [2.75, 3.05) is 12.4 Å². The number of halogens is 3. The zero-order chi connectivity index (χ0) is 18.6. The average Bonchev–Trinajstić information content (AvgIpc) is 2.57. The van der Waals surface area contributed by atoms with Gasteiger partial charge in [-0.25, -0.2) is 22.9 Å². The summed E-state index contributed by atoms with van der Waals surface area (Å²) in [5.74, 6) is -4.21. The van der Waals surface area contributed by atoms with E-state index in [4.69, 9.17) is 10.2 Å². The summed E-state index contributed by atoms with van der Waals surface area (Å²) in [5, 5.41) is 17.0. The number of aliphatic hydroxyl groups excluding tert-OH is 1. The Morgan fingerprint density at radius 1 is 1.28 bits per heavy atom. The van der Waals surface area contributed by atoms with Gasteiger partial charge in [-0.05, 0) is 48.4 Å². The fourth-order valence-corrected chi connectivity index (χ4v) is 3.68. The molecule has 4 nitrogen and oxygen atoms in total. The number of carboxylic acid groups (broad SMARTS) is 1. The van der Waals surface area contributed by atoms with E-state index < -0.39 is 34.2 Å². The summed E-state index contributed by atoms with van der Waals surface area (Å²) < 4.78 is 42.1. The zero-order valence-electron chi connectivity index (χ0n) is 13.3. The van der Waals surface area contributed by atoms with E-state index in [9.17, 15) is 18.0 Å². The van der Waals surface area contributed by atoms with Crippen LogP contribution in [0.5, 0.6) is 0 Å². The third-order valence-electron chi connectivity index (χ3n) is 3.58. The molecule has 1 aromatic heterocycles. The summed E-state index contributed by atoms with van der Waals surface area (Å²) in [5.41, 5.74) is 0.213. The lowest BCUT2D eigenvalue weighted by Crippen LogP contribution is -2.10. The minimum absolute atomic E-state index is 0.0942. The summed E-state index contributed by atoms with van der Waals surface area (Å²) in [6.07, 6.45) is 1.62. The van der Waals surface area contributed by atoms with Crippen LogP contribution in [0.2, 0.25) is 0 Å². The van der Waals surface area contributed by atoms with Crippen LogP contribution >= 0.6 is 11.8 Å². The molecular formula is C17H16F3NO3S. The molecule has 0 aliphatic carbocycles. The van der Waals surface area contributed by atoms with E-state index >= 15 is 0 Å². The molecule has 0 fully saturated rings. The Labute approximate surface area is 146 Å². The van der Waals surface area contributed by atoms with Crippen molar-refractivity contribution in [2.24, 2.45) is 0 Å². The molecule has 0 amide bonds. The lowest BCUT2D eigenvalue weighted by molar-refractivity contribution is 0.0690. The Bertz CT molecular complexity index is 786. The van der Waals surface area contributed by atoms with Crippen molar-refractivity contribution in [3.63, 3.8) is 0 Å². The first-order valence-electron chi connectivity index (χ1n) is 7.42. The van der Waals surface area contributed by atoms with E-state index in [0.717, 1.165) is 17.8 Å². The second kappa shape index (κ2) is 8.35. The maximum Gasteiger partial charge on any atom is 0.354 e. The molecule has 0 radical (unpaired) electrons. The maximum atomic E-state index is 14.3. The number of hydrogen-bond donors (Lipinski definition) is 2. The highest BCUT2D eigenvalue weighted by Gasteiger charge is 2.26. The van der Waals surface area contributed by atoms with Crippen LogP contribution in [0.25, 0.3) is 0 Å². The monoisotopic (exact) mass is 371 g/mol. The van der Waals surface area contributed by atoms with Crippen LogP contribution in [-0.4, -0.2) is 33.5 Å². The van der Waals surface area contributed by atoms with Gasteiger partial charge < -0.3 is 10.2 Å². The van der Waals surface area contributed by atoms with Gasteiger partial charge in [0, 0.05) is 18.4 Å². The van der Waals surface area contributed by atoms with Crippen molar-refractivity contribution in [2.45, 2.75) is 18.6 Å². The number of aryl methyl sites for hydroxylation is 1. The van der Waals surface area contributed by atoms with Crippen LogP contribution in [0, 0.1) is 24.4 Å². The molecule has 0 spiro atoms. The van der Waals surface area contributed by atoms with Gasteiger partial charge in [-0.3, -0.25) is 0 Å². The van der Waals surface area contributed by atoms with Gasteiger partial charge >= 0.3 is 5.97 Å². The van der Waals surface area contributed by atoms with E-state index in [2.05, 4.69) is 4.98 Å². The molecule has 0 bridgehead atoms. The Balaban J connectivity index is 2.54. The molecule has 0 saturated carbocycles. The number of pyridine rings is 1. The second-order valence-corrected chi connectivity index (χ2v) is 6.53. The van der Waals surface area contributed by atoms with Gasteiger partial charge in [0.25, 0.3) is 0 Å². The summed E-state index contributed by atoms with van der Waals surface area (Å²) in [7, 11) is 0. The minimum Gasteiger partial charge on any atom is -0.477 e.